The van der Waals surface area contributed by atoms with Crippen molar-refractivity contribution in [2.24, 2.45) is 0 Å². The Kier molecular flexibility index (Phi) is 6.66. The molecule has 0 aliphatic carbocycles. The van der Waals surface area contributed by atoms with E-state index in [0.717, 1.165) is 5.56 Å². The molecule has 2 aromatic heterocycles. The number of benzene rings is 2. The molecule has 0 fully saturated rings. The molecule has 34 heavy (non-hydrogen) atoms. The van der Waals surface area contributed by atoms with Crippen LogP contribution in [0.25, 0.3) is 11.0 Å². The maximum absolute atomic E-state index is 13.2. The molecule has 10 nitrogen and oxygen atoms in total. The SMILES string of the molecule is COc1cc(CCCO)ccc1Nc1nc2ccccc2nc1NS(=O)(=O)c1c(C)noc1C. The number of para-hydroxylation sites is 2. The fraction of sp³-hybridized carbons (Fsp3) is 0.261. The van der Waals surface area contributed by atoms with E-state index in [9.17, 15) is 8.42 Å². The van der Waals surface area contributed by atoms with E-state index in [4.69, 9.17) is 14.4 Å². The Bertz CT molecular complexity index is 1420. The van der Waals surface area contributed by atoms with E-state index in [-0.39, 0.29) is 34.6 Å². The predicted molar refractivity (Wildman–Crippen MR) is 128 cm³/mol. The second-order valence-electron chi connectivity index (χ2n) is 7.66. The molecule has 2 aromatic carbocycles. The fourth-order valence-electron chi connectivity index (χ4n) is 3.60. The number of sulfonamides is 1. The second-order valence-corrected chi connectivity index (χ2v) is 9.27. The molecule has 0 unspecified atom stereocenters. The van der Waals surface area contributed by atoms with Gasteiger partial charge in [0.15, 0.2) is 22.3 Å². The molecule has 0 saturated carbocycles. The average Bonchev–Trinajstić information content (AvgIpc) is 3.17. The number of fused-ring (bicyclic) bond motifs is 1. The van der Waals surface area contributed by atoms with Crippen molar-refractivity contribution in [2.45, 2.75) is 31.6 Å². The van der Waals surface area contributed by atoms with Crippen LogP contribution in [0.4, 0.5) is 17.3 Å². The van der Waals surface area contributed by atoms with E-state index in [1.807, 2.05) is 24.3 Å². The van der Waals surface area contributed by atoms with Crippen molar-refractivity contribution in [3.05, 3.63) is 59.5 Å². The number of aliphatic hydroxyl groups is 1. The van der Waals surface area contributed by atoms with E-state index in [2.05, 4.69) is 25.2 Å². The van der Waals surface area contributed by atoms with Crippen LogP contribution in [0.5, 0.6) is 5.75 Å². The van der Waals surface area contributed by atoms with E-state index in [1.54, 1.807) is 32.2 Å². The molecule has 178 valence electrons. The van der Waals surface area contributed by atoms with Crippen LogP contribution < -0.4 is 14.8 Å². The first-order valence-electron chi connectivity index (χ1n) is 10.6. The van der Waals surface area contributed by atoms with Gasteiger partial charge in [0, 0.05) is 6.61 Å². The minimum absolute atomic E-state index is 0.0186. The molecule has 0 bridgehead atoms. The second kappa shape index (κ2) is 9.65. The maximum atomic E-state index is 13.2. The van der Waals surface area contributed by atoms with Crippen LogP contribution in [-0.4, -0.2) is 42.4 Å². The van der Waals surface area contributed by atoms with Gasteiger partial charge in [-0.1, -0.05) is 23.4 Å². The lowest BCUT2D eigenvalue weighted by atomic mass is 10.1. The predicted octanol–water partition coefficient (Wildman–Crippen LogP) is 3.71. The van der Waals surface area contributed by atoms with Gasteiger partial charge in [-0.25, -0.2) is 18.4 Å². The summed E-state index contributed by atoms with van der Waals surface area (Å²) in [7, 11) is -2.51. The Balaban J connectivity index is 1.76. The van der Waals surface area contributed by atoms with Crippen molar-refractivity contribution in [1.29, 1.82) is 0 Å². The van der Waals surface area contributed by atoms with Gasteiger partial charge < -0.3 is 19.7 Å². The molecule has 0 aliphatic rings. The number of aromatic nitrogens is 3. The van der Waals surface area contributed by atoms with Gasteiger partial charge in [0.2, 0.25) is 0 Å². The van der Waals surface area contributed by atoms with Crippen molar-refractivity contribution in [3.8, 4) is 5.75 Å². The van der Waals surface area contributed by atoms with E-state index >= 15 is 0 Å². The largest absolute Gasteiger partial charge is 0.495 e. The van der Waals surface area contributed by atoms with Gasteiger partial charge in [0.25, 0.3) is 10.0 Å². The van der Waals surface area contributed by atoms with Crippen LogP contribution in [0.3, 0.4) is 0 Å². The molecule has 4 aromatic rings. The number of anilines is 3. The molecule has 0 amide bonds. The van der Waals surface area contributed by atoms with Gasteiger partial charge in [-0.3, -0.25) is 4.72 Å². The normalized spacial score (nSPS) is 11.5. The summed E-state index contributed by atoms with van der Waals surface area (Å²) in [5.74, 6) is 0.943. The third-order valence-corrected chi connectivity index (χ3v) is 6.76. The topological polar surface area (TPSA) is 139 Å². The third-order valence-electron chi connectivity index (χ3n) is 5.18. The number of rotatable bonds is 9. The first-order chi connectivity index (χ1) is 16.3. The lowest BCUT2D eigenvalue weighted by Gasteiger charge is -2.16. The van der Waals surface area contributed by atoms with Crippen LogP contribution in [0.15, 0.2) is 51.9 Å². The molecule has 4 rings (SSSR count). The van der Waals surface area contributed by atoms with E-state index in [0.29, 0.717) is 35.3 Å². The number of methoxy groups -OCH3 is 1. The summed E-state index contributed by atoms with van der Waals surface area (Å²) in [4.78, 5) is 9.06. The molecule has 3 N–H and O–H groups in total. The van der Waals surface area contributed by atoms with Crippen LogP contribution >= 0.6 is 0 Å². The Labute approximate surface area is 197 Å². The van der Waals surface area contributed by atoms with Gasteiger partial charge in [-0.2, -0.15) is 0 Å². The molecular formula is C23H25N5O5S. The number of ether oxygens (including phenoxy) is 1. The summed E-state index contributed by atoms with van der Waals surface area (Å²) in [6, 6.07) is 12.7. The van der Waals surface area contributed by atoms with Gasteiger partial charge in [0.1, 0.15) is 11.4 Å². The quantitative estimate of drug-likeness (QED) is 0.325. The number of hydrogen-bond acceptors (Lipinski definition) is 9. The van der Waals surface area contributed by atoms with Gasteiger partial charge in [-0.15, -0.1) is 0 Å². The summed E-state index contributed by atoms with van der Waals surface area (Å²) in [5, 5.41) is 16.0. The zero-order valence-corrected chi connectivity index (χ0v) is 19.8. The number of aliphatic hydroxyl groups excluding tert-OH is 1. The van der Waals surface area contributed by atoms with Crippen LogP contribution in [0, 0.1) is 13.8 Å². The van der Waals surface area contributed by atoms with Crippen LogP contribution in [-0.2, 0) is 16.4 Å². The fourth-order valence-corrected chi connectivity index (χ4v) is 4.94. The third kappa shape index (κ3) is 4.80. The number of hydrogen-bond donors (Lipinski definition) is 3. The van der Waals surface area contributed by atoms with Crippen molar-refractivity contribution in [2.75, 3.05) is 23.8 Å². The van der Waals surface area contributed by atoms with Crippen molar-refractivity contribution in [1.82, 2.24) is 15.1 Å². The highest BCUT2D eigenvalue weighted by Crippen LogP contribution is 2.33. The zero-order chi connectivity index (χ0) is 24.3. The van der Waals surface area contributed by atoms with Gasteiger partial charge in [0.05, 0.1) is 23.8 Å². The first kappa shape index (κ1) is 23.5. The van der Waals surface area contributed by atoms with Crippen molar-refractivity contribution >= 4 is 38.4 Å². The molecule has 0 saturated heterocycles. The Hall–Kier alpha value is -3.70. The van der Waals surface area contributed by atoms with Gasteiger partial charge >= 0.3 is 0 Å². The Morgan fingerprint density at radius 3 is 2.38 bits per heavy atom. The zero-order valence-electron chi connectivity index (χ0n) is 19.0. The first-order valence-corrected chi connectivity index (χ1v) is 12.1. The highest BCUT2D eigenvalue weighted by Gasteiger charge is 2.26. The monoisotopic (exact) mass is 483 g/mol. The van der Waals surface area contributed by atoms with E-state index < -0.39 is 10.0 Å². The molecule has 0 atom stereocenters. The summed E-state index contributed by atoms with van der Waals surface area (Å²) in [6.07, 6.45) is 1.34. The molecular weight excluding hydrogens is 458 g/mol. The van der Waals surface area contributed by atoms with Crippen LogP contribution in [0.1, 0.15) is 23.4 Å². The highest BCUT2D eigenvalue weighted by atomic mass is 32.2. The average molecular weight is 484 g/mol. The standard InChI is InChI=1S/C23H25N5O5S/c1-14-21(15(2)33-27-14)34(30,31)28-23-22(24-17-8-4-5-9-18(17)25-23)26-19-11-10-16(7-6-12-29)13-20(19)32-3/h4-5,8-11,13,29H,6-7,12H2,1-3H3,(H,24,26)(H,25,28). The number of nitrogens with zero attached hydrogens (tertiary/aromatic N) is 3. The lowest BCUT2D eigenvalue weighted by Crippen LogP contribution is -2.17. The minimum atomic E-state index is -4.05. The molecule has 0 spiro atoms. The molecule has 2 heterocycles. The van der Waals surface area contributed by atoms with Crippen LogP contribution in [0.2, 0.25) is 0 Å². The smallest absolute Gasteiger partial charge is 0.268 e. The number of nitrogens with one attached hydrogen (secondary N) is 2. The highest BCUT2D eigenvalue weighted by molar-refractivity contribution is 7.92. The minimum Gasteiger partial charge on any atom is -0.495 e. The summed E-state index contributed by atoms with van der Waals surface area (Å²) < 4.78 is 39.4. The Morgan fingerprint density at radius 1 is 1.06 bits per heavy atom. The number of aryl methyl sites for hydroxylation is 3. The van der Waals surface area contributed by atoms with Gasteiger partial charge in [-0.05, 0) is 56.5 Å². The lowest BCUT2D eigenvalue weighted by molar-refractivity contribution is 0.288. The summed E-state index contributed by atoms with van der Waals surface area (Å²) in [5.41, 5.74) is 2.94. The van der Waals surface area contributed by atoms with Crippen molar-refractivity contribution < 1.29 is 22.8 Å². The van der Waals surface area contributed by atoms with Crippen molar-refractivity contribution in [3.63, 3.8) is 0 Å². The molecule has 11 heteroatoms. The Morgan fingerprint density at radius 2 is 1.76 bits per heavy atom. The maximum Gasteiger partial charge on any atom is 0.268 e. The molecule has 0 aliphatic heterocycles. The van der Waals surface area contributed by atoms with E-state index in [1.165, 1.54) is 6.92 Å². The summed E-state index contributed by atoms with van der Waals surface area (Å²) in [6.45, 7) is 3.19. The molecule has 0 radical (unpaired) electrons. The summed E-state index contributed by atoms with van der Waals surface area (Å²) >= 11 is 0.